The molecule has 17 heavy (non-hydrogen) atoms. The van der Waals surface area contributed by atoms with Crippen molar-refractivity contribution < 1.29 is 9.90 Å². The van der Waals surface area contributed by atoms with E-state index in [1.54, 1.807) is 12.5 Å². The van der Waals surface area contributed by atoms with Gasteiger partial charge in [0.05, 0.1) is 12.7 Å². The molecule has 0 spiro atoms. The number of imidazole rings is 1. The van der Waals surface area contributed by atoms with E-state index in [0.29, 0.717) is 0 Å². The number of nitrogens with zero attached hydrogens (tertiary/aromatic N) is 2. The summed E-state index contributed by atoms with van der Waals surface area (Å²) >= 11 is 0. The standard InChI is InChI=1S/C12H13N3O2/c13-11(7-12(16)17)9-2-1-3-10(6-9)15-5-4-14-8-15/h1-6,8,11H,7,13H2,(H,16,17). The van der Waals surface area contributed by atoms with Crippen molar-refractivity contribution >= 4 is 5.97 Å². The lowest BCUT2D eigenvalue weighted by molar-refractivity contribution is -0.137. The molecule has 0 aliphatic heterocycles. The van der Waals surface area contributed by atoms with Gasteiger partial charge in [-0.3, -0.25) is 4.79 Å². The maximum atomic E-state index is 10.6. The minimum absolute atomic E-state index is 0.0760. The molecule has 3 N–H and O–H groups in total. The molecular formula is C12H13N3O2. The molecule has 2 aromatic rings. The van der Waals surface area contributed by atoms with Crippen LogP contribution in [-0.4, -0.2) is 20.6 Å². The van der Waals surface area contributed by atoms with Gasteiger partial charge in [-0.05, 0) is 17.7 Å². The van der Waals surface area contributed by atoms with Crippen LogP contribution in [0.1, 0.15) is 18.0 Å². The van der Waals surface area contributed by atoms with E-state index in [1.165, 1.54) is 0 Å². The SMILES string of the molecule is NC(CC(=O)O)c1cccc(-n2ccnc2)c1. The molecule has 5 nitrogen and oxygen atoms in total. The van der Waals surface area contributed by atoms with E-state index < -0.39 is 12.0 Å². The second kappa shape index (κ2) is 4.80. The number of hydrogen-bond donors (Lipinski definition) is 2. The summed E-state index contributed by atoms with van der Waals surface area (Å²) in [6.45, 7) is 0. The lowest BCUT2D eigenvalue weighted by Gasteiger charge is -2.11. The second-order valence-corrected chi connectivity index (χ2v) is 3.77. The molecule has 0 aliphatic carbocycles. The third kappa shape index (κ3) is 2.70. The molecule has 0 aliphatic rings. The fraction of sp³-hybridized carbons (Fsp3) is 0.167. The Labute approximate surface area is 98.5 Å². The van der Waals surface area contributed by atoms with Gasteiger partial charge >= 0.3 is 5.97 Å². The molecule has 1 aromatic carbocycles. The van der Waals surface area contributed by atoms with Gasteiger partial charge in [0.15, 0.2) is 0 Å². The number of hydrogen-bond acceptors (Lipinski definition) is 3. The van der Waals surface area contributed by atoms with Crippen molar-refractivity contribution in [1.29, 1.82) is 0 Å². The summed E-state index contributed by atoms with van der Waals surface area (Å²) in [5, 5.41) is 8.70. The first-order chi connectivity index (χ1) is 8.16. The fourth-order valence-electron chi connectivity index (χ4n) is 1.63. The maximum absolute atomic E-state index is 10.6. The summed E-state index contributed by atoms with van der Waals surface area (Å²) in [6.07, 6.45) is 5.11. The van der Waals surface area contributed by atoms with Gasteiger partial charge in [0.1, 0.15) is 0 Å². The van der Waals surface area contributed by atoms with Gasteiger partial charge < -0.3 is 15.4 Å². The Morgan fingerprint density at radius 3 is 3.00 bits per heavy atom. The highest BCUT2D eigenvalue weighted by atomic mass is 16.4. The summed E-state index contributed by atoms with van der Waals surface area (Å²) in [6, 6.07) is 6.98. The quantitative estimate of drug-likeness (QED) is 0.832. The van der Waals surface area contributed by atoms with Gasteiger partial charge in [0.2, 0.25) is 0 Å². The molecule has 1 atom stereocenters. The van der Waals surface area contributed by atoms with E-state index >= 15 is 0 Å². The molecule has 1 heterocycles. The highest BCUT2D eigenvalue weighted by molar-refractivity contribution is 5.68. The van der Waals surface area contributed by atoms with E-state index in [1.807, 2.05) is 35.0 Å². The summed E-state index contributed by atoms with van der Waals surface area (Å²) in [4.78, 5) is 14.6. The van der Waals surface area contributed by atoms with Crippen molar-refractivity contribution in [3.63, 3.8) is 0 Å². The molecule has 1 aromatic heterocycles. The lowest BCUT2D eigenvalue weighted by atomic mass is 10.0. The topological polar surface area (TPSA) is 81.1 Å². The number of carbonyl (C=O) groups is 1. The molecule has 0 saturated heterocycles. The monoisotopic (exact) mass is 231 g/mol. The fourth-order valence-corrected chi connectivity index (χ4v) is 1.63. The van der Waals surface area contributed by atoms with E-state index in [2.05, 4.69) is 4.98 Å². The van der Waals surface area contributed by atoms with Crippen LogP contribution >= 0.6 is 0 Å². The first kappa shape index (κ1) is 11.3. The number of nitrogens with two attached hydrogens (primary N) is 1. The summed E-state index contributed by atoms with van der Waals surface area (Å²) < 4.78 is 1.84. The Balaban J connectivity index is 2.25. The maximum Gasteiger partial charge on any atom is 0.305 e. The average Bonchev–Trinajstić information content (AvgIpc) is 2.82. The average molecular weight is 231 g/mol. The number of carboxylic acids is 1. The highest BCUT2D eigenvalue weighted by Crippen LogP contribution is 2.17. The van der Waals surface area contributed by atoms with E-state index in [0.717, 1.165) is 11.3 Å². The van der Waals surface area contributed by atoms with Crippen molar-refractivity contribution in [3.8, 4) is 5.69 Å². The first-order valence-corrected chi connectivity index (χ1v) is 5.22. The van der Waals surface area contributed by atoms with Crippen LogP contribution in [0.5, 0.6) is 0 Å². The van der Waals surface area contributed by atoms with Crippen LogP contribution in [0.15, 0.2) is 43.0 Å². The highest BCUT2D eigenvalue weighted by Gasteiger charge is 2.11. The van der Waals surface area contributed by atoms with Crippen LogP contribution in [0.2, 0.25) is 0 Å². The Morgan fingerprint density at radius 2 is 2.35 bits per heavy atom. The Kier molecular flexibility index (Phi) is 3.20. The third-order valence-corrected chi connectivity index (χ3v) is 2.50. The third-order valence-electron chi connectivity index (χ3n) is 2.50. The zero-order valence-electron chi connectivity index (χ0n) is 9.15. The summed E-state index contributed by atoms with van der Waals surface area (Å²) in [5.41, 5.74) is 7.53. The van der Waals surface area contributed by atoms with Crippen LogP contribution in [0.4, 0.5) is 0 Å². The molecular weight excluding hydrogens is 218 g/mol. The van der Waals surface area contributed by atoms with E-state index in [9.17, 15) is 4.79 Å². The molecule has 0 radical (unpaired) electrons. The van der Waals surface area contributed by atoms with Gasteiger partial charge in [0, 0.05) is 24.1 Å². The number of aliphatic carboxylic acids is 1. The van der Waals surface area contributed by atoms with E-state index in [4.69, 9.17) is 10.8 Å². The lowest BCUT2D eigenvalue weighted by Crippen LogP contribution is -2.15. The number of carboxylic acid groups (broad SMARTS) is 1. The van der Waals surface area contributed by atoms with Crippen LogP contribution in [-0.2, 0) is 4.79 Å². The molecule has 88 valence electrons. The molecule has 2 rings (SSSR count). The van der Waals surface area contributed by atoms with Gasteiger partial charge in [-0.1, -0.05) is 12.1 Å². The van der Waals surface area contributed by atoms with Gasteiger partial charge in [-0.2, -0.15) is 0 Å². The second-order valence-electron chi connectivity index (χ2n) is 3.77. The predicted molar refractivity (Wildman–Crippen MR) is 62.7 cm³/mol. The molecule has 0 fully saturated rings. The van der Waals surface area contributed by atoms with Crippen molar-refractivity contribution in [2.45, 2.75) is 12.5 Å². The molecule has 1 unspecified atom stereocenters. The Hall–Kier alpha value is -2.14. The van der Waals surface area contributed by atoms with Gasteiger partial charge in [-0.25, -0.2) is 4.98 Å². The van der Waals surface area contributed by atoms with Crippen molar-refractivity contribution in [3.05, 3.63) is 48.5 Å². The molecule has 0 bridgehead atoms. The Bertz CT molecular complexity index is 508. The largest absolute Gasteiger partial charge is 0.481 e. The van der Waals surface area contributed by atoms with Gasteiger partial charge in [-0.15, -0.1) is 0 Å². The zero-order valence-corrected chi connectivity index (χ0v) is 9.15. The number of rotatable bonds is 4. The van der Waals surface area contributed by atoms with Crippen molar-refractivity contribution in [2.75, 3.05) is 0 Å². The van der Waals surface area contributed by atoms with Crippen LogP contribution in [0.25, 0.3) is 5.69 Å². The van der Waals surface area contributed by atoms with Crippen LogP contribution in [0, 0.1) is 0 Å². The number of benzene rings is 1. The van der Waals surface area contributed by atoms with Crippen LogP contribution < -0.4 is 5.73 Å². The molecule has 0 amide bonds. The summed E-state index contributed by atoms with van der Waals surface area (Å²) in [5.74, 6) is -0.898. The smallest absolute Gasteiger partial charge is 0.305 e. The summed E-state index contributed by atoms with van der Waals surface area (Å²) in [7, 11) is 0. The minimum Gasteiger partial charge on any atom is -0.481 e. The molecule has 5 heteroatoms. The normalized spacial score (nSPS) is 12.3. The first-order valence-electron chi connectivity index (χ1n) is 5.22. The van der Waals surface area contributed by atoms with Crippen LogP contribution in [0.3, 0.4) is 0 Å². The zero-order chi connectivity index (χ0) is 12.3. The van der Waals surface area contributed by atoms with Crippen molar-refractivity contribution in [1.82, 2.24) is 9.55 Å². The van der Waals surface area contributed by atoms with Gasteiger partial charge in [0.25, 0.3) is 0 Å². The Morgan fingerprint density at radius 1 is 1.53 bits per heavy atom. The number of aromatic nitrogens is 2. The van der Waals surface area contributed by atoms with E-state index in [-0.39, 0.29) is 6.42 Å². The minimum atomic E-state index is -0.898. The van der Waals surface area contributed by atoms with Crippen molar-refractivity contribution in [2.24, 2.45) is 5.73 Å². The molecule has 0 saturated carbocycles. The predicted octanol–water partition coefficient (Wildman–Crippen LogP) is 1.35.